The molecule has 5 nitrogen and oxygen atoms in total. The van der Waals surface area contributed by atoms with E-state index in [-0.39, 0.29) is 6.54 Å². The number of piperazine rings is 1. The van der Waals surface area contributed by atoms with Crippen molar-refractivity contribution in [3.63, 3.8) is 0 Å². The van der Waals surface area contributed by atoms with Crippen LogP contribution < -0.4 is 4.74 Å². The lowest BCUT2D eigenvalue weighted by molar-refractivity contribution is 0.0543. The summed E-state index contributed by atoms with van der Waals surface area (Å²) >= 11 is 0. The maximum absolute atomic E-state index is 12.4. The molecule has 3 rings (SSSR count). The molecule has 24 heavy (non-hydrogen) atoms. The van der Waals surface area contributed by atoms with Crippen molar-refractivity contribution in [2.24, 2.45) is 0 Å². The van der Waals surface area contributed by atoms with Crippen LogP contribution in [0.25, 0.3) is 0 Å². The fourth-order valence-corrected chi connectivity index (χ4v) is 2.71. The predicted molar refractivity (Wildman–Crippen MR) is 86.3 cm³/mol. The van der Waals surface area contributed by atoms with Crippen LogP contribution in [0.4, 0.5) is 8.78 Å². The molecular formula is C17H20F2N4O. The van der Waals surface area contributed by atoms with Crippen LogP contribution >= 0.6 is 0 Å². The Kier molecular flexibility index (Phi) is 5.66. The van der Waals surface area contributed by atoms with E-state index in [0.29, 0.717) is 24.7 Å². The summed E-state index contributed by atoms with van der Waals surface area (Å²) < 4.78 is 30.4. The molecule has 1 aromatic heterocycles. The minimum absolute atomic E-state index is 0.123. The van der Waals surface area contributed by atoms with Gasteiger partial charge in [0.2, 0.25) is 5.88 Å². The highest BCUT2D eigenvalue weighted by atomic mass is 19.3. The van der Waals surface area contributed by atoms with Crippen molar-refractivity contribution in [1.82, 2.24) is 19.8 Å². The van der Waals surface area contributed by atoms with Crippen molar-refractivity contribution >= 4 is 0 Å². The van der Waals surface area contributed by atoms with Crippen LogP contribution in [0.15, 0.2) is 42.9 Å². The minimum atomic E-state index is -2.25. The Labute approximate surface area is 139 Å². The van der Waals surface area contributed by atoms with E-state index in [1.54, 1.807) is 18.6 Å². The maximum Gasteiger partial charge on any atom is 0.251 e. The molecule has 0 saturated carbocycles. The van der Waals surface area contributed by atoms with E-state index in [2.05, 4.69) is 14.9 Å². The number of hydrogen-bond donors (Lipinski definition) is 0. The molecule has 128 valence electrons. The molecule has 0 unspecified atom stereocenters. The van der Waals surface area contributed by atoms with Crippen LogP contribution in [0.2, 0.25) is 0 Å². The molecule has 0 N–H and O–H groups in total. The van der Waals surface area contributed by atoms with Crippen molar-refractivity contribution in [3.8, 4) is 11.6 Å². The summed E-state index contributed by atoms with van der Waals surface area (Å²) in [6.45, 7) is 3.70. The molecule has 0 spiro atoms. The molecule has 0 aliphatic carbocycles. The van der Waals surface area contributed by atoms with Gasteiger partial charge in [-0.1, -0.05) is 12.1 Å². The van der Waals surface area contributed by atoms with Gasteiger partial charge >= 0.3 is 0 Å². The van der Waals surface area contributed by atoms with Crippen LogP contribution in [-0.4, -0.2) is 58.9 Å². The fourth-order valence-electron chi connectivity index (χ4n) is 2.71. The van der Waals surface area contributed by atoms with Crippen molar-refractivity contribution < 1.29 is 13.5 Å². The number of alkyl halides is 2. The summed E-state index contributed by atoms with van der Waals surface area (Å²) in [5.74, 6) is 1.17. The molecule has 1 aliphatic heterocycles. The second-order valence-electron chi connectivity index (χ2n) is 5.76. The SMILES string of the molecule is FC(F)CN1CCN(Cc2ccc(Oc3cnccn3)cc2)CC1. The Morgan fingerprint density at radius 3 is 2.33 bits per heavy atom. The van der Waals surface area contributed by atoms with Gasteiger partial charge in [0, 0.05) is 45.1 Å². The first-order chi connectivity index (χ1) is 11.7. The quantitative estimate of drug-likeness (QED) is 0.812. The van der Waals surface area contributed by atoms with E-state index in [0.717, 1.165) is 19.6 Å². The van der Waals surface area contributed by atoms with Gasteiger partial charge in [-0.3, -0.25) is 14.8 Å². The summed E-state index contributed by atoms with van der Waals surface area (Å²) in [4.78, 5) is 12.1. The van der Waals surface area contributed by atoms with Crippen LogP contribution in [0.1, 0.15) is 5.56 Å². The molecular weight excluding hydrogens is 314 g/mol. The van der Waals surface area contributed by atoms with Gasteiger partial charge < -0.3 is 4.74 Å². The van der Waals surface area contributed by atoms with Gasteiger partial charge in [0.05, 0.1) is 12.7 Å². The summed E-state index contributed by atoms with van der Waals surface area (Å²) in [5, 5.41) is 0. The van der Waals surface area contributed by atoms with Crippen molar-refractivity contribution in [1.29, 1.82) is 0 Å². The van der Waals surface area contributed by atoms with Gasteiger partial charge in [-0.25, -0.2) is 13.8 Å². The molecule has 0 amide bonds. The molecule has 0 bridgehead atoms. The molecule has 1 fully saturated rings. The van der Waals surface area contributed by atoms with E-state index in [1.807, 2.05) is 29.2 Å². The second-order valence-corrected chi connectivity index (χ2v) is 5.76. The first-order valence-corrected chi connectivity index (χ1v) is 7.95. The summed E-state index contributed by atoms with van der Waals surface area (Å²) in [7, 11) is 0. The number of hydrogen-bond acceptors (Lipinski definition) is 5. The highest BCUT2D eigenvalue weighted by molar-refractivity contribution is 5.29. The molecule has 0 radical (unpaired) electrons. The van der Waals surface area contributed by atoms with Gasteiger partial charge in [-0.2, -0.15) is 0 Å². The Balaban J connectivity index is 1.48. The van der Waals surface area contributed by atoms with E-state index >= 15 is 0 Å². The number of nitrogens with zero attached hydrogens (tertiary/aromatic N) is 4. The smallest absolute Gasteiger partial charge is 0.251 e. The van der Waals surface area contributed by atoms with Crippen molar-refractivity contribution in [2.45, 2.75) is 13.0 Å². The zero-order valence-electron chi connectivity index (χ0n) is 13.3. The number of ether oxygens (including phenoxy) is 1. The maximum atomic E-state index is 12.4. The first kappa shape index (κ1) is 16.7. The standard InChI is InChI=1S/C17H20F2N4O/c18-16(19)13-23-9-7-22(8-10-23)12-14-1-3-15(4-2-14)24-17-11-20-5-6-21-17/h1-6,11,16H,7-10,12-13H2. The molecule has 0 atom stereocenters. The third-order valence-electron chi connectivity index (χ3n) is 3.95. The van der Waals surface area contributed by atoms with Gasteiger partial charge in [0.25, 0.3) is 6.43 Å². The van der Waals surface area contributed by atoms with Crippen LogP contribution in [0.3, 0.4) is 0 Å². The monoisotopic (exact) mass is 334 g/mol. The topological polar surface area (TPSA) is 41.5 Å². The Morgan fingerprint density at radius 2 is 1.71 bits per heavy atom. The van der Waals surface area contributed by atoms with Gasteiger partial charge in [0.15, 0.2) is 0 Å². The Morgan fingerprint density at radius 1 is 1.00 bits per heavy atom. The van der Waals surface area contributed by atoms with Crippen LogP contribution in [0, 0.1) is 0 Å². The van der Waals surface area contributed by atoms with E-state index in [4.69, 9.17) is 4.74 Å². The average Bonchev–Trinajstić information content (AvgIpc) is 2.59. The Bertz CT molecular complexity index is 616. The van der Waals surface area contributed by atoms with Crippen LogP contribution in [-0.2, 0) is 6.54 Å². The third kappa shape index (κ3) is 4.94. The Hall–Kier alpha value is -2.12. The number of halogens is 2. The lowest BCUT2D eigenvalue weighted by Crippen LogP contribution is -2.47. The molecule has 2 heterocycles. The minimum Gasteiger partial charge on any atom is -0.438 e. The predicted octanol–water partition coefficient (Wildman–Crippen LogP) is 2.65. The molecule has 1 aromatic carbocycles. The second kappa shape index (κ2) is 8.12. The summed E-state index contributed by atoms with van der Waals surface area (Å²) in [5.41, 5.74) is 1.17. The first-order valence-electron chi connectivity index (χ1n) is 7.95. The van der Waals surface area contributed by atoms with E-state index in [1.165, 1.54) is 5.56 Å². The number of rotatable bonds is 6. The zero-order valence-corrected chi connectivity index (χ0v) is 13.3. The highest BCUT2D eigenvalue weighted by Gasteiger charge is 2.19. The van der Waals surface area contributed by atoms with Gasteiger partial charge in [-0.15, -0.1) is 0 Å². The van der Waals surface area contributed by atoms with Crippen molar-refractivity contribution in [2.75, 3.05) is 32.7 Å². The largest absolute Gasteiger partial charge is 0.438 e. The van der Waals surface area contributed by atoms with Gasteiger partial charge in [0.1, 0.15) is 5.75 Å². The van der Waals surface area contributed by atoms with Gasteiger partial charge in [-0.05, 0) is 17.7 Å². The average molecular weight is 334 g/mol. The molecule has 2 aromatic rings. The molecule has 1 aliphatic rings. The van der Waals surface area contributed by atoms with E-state index in [9.17, 15) is 8.78 Å². The lowest BCUT2D eigenvalue weighted by atomic mass is 10.2. The normalized spacial score (nSPS) is 16.5. The van der Waals surface area contributed by atoms with E-state index < -0.39 is 6.43 Å². The highest BCUT2D eigenvalue weighted by Crippen LogP contribution is 2.19. The fraction of sp³-hybridized carbons (Fsp3) is 0.412. The van der Waals surface area contributed by atoms with Crippen LogP contribution in [0.5, 0.6) is 11.6 Å². The van der Waals surface area contributed by atoms with Crippen molar-refractivity contribution in [3.05, 3.63) is 48.4 Å². The number of benzene rings is 1. The summed E-state index contributed by atoms with van der Waals surface area (Å²) in [6, 6.07) is 7.82. The number of aromatic nitrogens is 2. The molecule has 1 saturated heterocycles. The summed E-state index contributed by atoms with van der Waals surface area (Å²) in [6.07, 6.45) is 2.49. The third-order valence-corrected chi connectivity index (χ3v) is 3.95. The lowest BCUT2D eigenvalue weighted by Gasteiger charge is -2.34. The molecule has 7 heteroatoms. The zero-order chi connectivity index (χ0) is 16.8.